The molecule has 150 valence electrons. The number of rotatable bonds is 7. The Morgan fingerprint density at radius 2 is 1.85 bits per heavy atom. The maximum absolute atomic E-state index is 13.0. The molecule has 1 saturated heterocycles. The monoisotopic (exact) mass is 396 g/mol. The van der Waals surface area contributed by atoms with Crippen LogP contribution in [0.1, 0.15) is 55.5 Å². The zero-order valence-electron chi connectivity index (χ0n) is 16.1. The minimum absolute atomic E-state index is 0.104. The molecule has 7 nitrogen and oxygen atoms in total. The van der Waals surface area contributed by atoms with E-state index in [0.717, 1.165) is 19.3 Å². The lowest BCUT2D eigenvalue weighted by Gasteiger charge is -2.26. The van der Waals surface area contributed by atoms with Crippen LogP contribution >= 0.6 is 0 Å². The summed E-state index contributed by atoms with van der Waals surface area (Å²) in [6, 6.07) is 3.44. The third-order valence-electron chi connectivity index (χ3n) is 5.15. The standard InChI is InChI=1S/C19H28N2O5S/c1-4-13(2)17(19(23)24)20-18(22)15-9-8-14(3)16(12-15)27(25,26)21-10-6-5-7-11-21/h8-9,12-13,17H,4-7,10-11H2,1-3H3,(H,20,22)(H,23,24)/t13-,17-/m0/s1. The number of carbonyl (C=O) groups is 2. The molecule has 0 spiro atoms. The first-order valence-corrected chi connectivity index (χ1v) is 10.8. The predicted octanol–water partition coefficient (Wildman–Crippen LogP) is 2.40. The second-order valence-electron chi connectivity index (χ2n) is 7.12. The molecule has 1 amide bonds. The molecule has 0 bridgehead atoms. The number of sulfonamides is 1. The third kappa shape index (κ3) is 4.87. The lowest BCUT2D eigenvalue weighted by atomic mass is 9.99. The van der Waals surface area contributed by atoms with Gasteiger partial charge in [0.2, 0.25) is 10.0 Å². The summed E-state index contributed by atoms with van der Waals surface area (Å²) >= 11 is 0. The topological polar surface area (TPSA) is 104 Å². The highest BCUT2D eigenvalue weighted by Gasteiger charge is 2.29. The molecular weight excluding hydrogens is 368 g/mol. The van der Waals surface area contributed by atoms with E-state index < -0.39 is 27.9 Å². The Balaban J connectivity index is 2.30. The number of benzene rings is 1. The highest BCUT2D eigenvalue weighted by Crippen LogP contribution is 2.24. The number of aryl methyl sites for hydroxylation is 1. The van der Waals surface area contributed by atoms with Crippen LogP contribution in [0.4, 0.5) is 0 Å². The van der Waals surface area contributed by atoms with E-state index in [1.807, 2.05) is 6.92 Å². The third-order valence-corrected chi connectivity index (χ3v) is 7.19. The smallest absolute Gasteiger partial charge is 0.326 e. The summed E-state index contributed by atoms with van der Waals surface area (Å²) in [6.07, 6.45) is 3.26. The van der Waals surface area contributed by atoms with Gasteiger partial charge in [0.15, 0.2) is 0 Å². The van der Waals surface area contributed by atoms with Crippen LogP contribution in [0, 0.1) is 12.8 Å². The summed E-state index contributed by atoms with van der Waals surface area (Å²) in [4.78, 5) is 24.1. The Morgan fingerprint density at radius 1 is 1.22 bits per heavy atom. The highest BCUT2D eigenvalue weighted by atomic mass is 32.2. The molecule has 1 aliphatic rings. The largest absolute Gasteiger partial charge is 0.480 e. The predicted molar refractivity (Wildman–Crippen MR) is 102 cm³/mol. The van der Waals surface area contributed by atoms with Crippen LogP contribution in [0.3, 0.4) is 0 Å². The van der Waals surface area contributed by atoms with E-state index in [-0.39, 0.29) is 16.4 Å². The molecule has 0 unspecified atom stereocenters. The van der Waals surface area contributed by atoms with Crippen LogP contribution < -0.4 is 5.32 Å². The number of piperidine rings is 1. The summed E-state index contributed by atoms with van der Waals surface area (Å²) in [7, 11) is -3.68. The van der Waals surface area contributed by atoms with Gasteiger partial charge in [0.05, 0.1) is 4.90 Å². The van der Waals surface area contributed by atoms with Gasteiger partial charge in [0, 0.05) is 18.7 Å². The number of nitrogens with zero attached hydrogens (tertiary/aromatic N) is 1. The van der Waals surface area contributed by atoms with Crippen LogP contribution in [-0.4, -0.2) is 48.8 Å². The first-order chi connectivity index (χ1) is 12.7. The summed E-state index contributed by atoms with van der Waals surface area (Å²) in [6.45, 7) is 6.25. The molecule has 0 aliphatic carbocycles. The number of carboxylic acid groups (broad SMARTS) is 1. The summed E-state index contributed by atoms with van der Waals surface area (Å²) in [5, 5.41) is 11.9. The Bertz CT molecular complexity index is 800. The van der Waals surface area contributed by atoms with Crippen molar-refractivity contribution in [1.82, 2.24) is 9.62 Å². The zero-order valence-corrected chi connectivity index (χ0v) is 16.9. The van der Waals surface area contributed by atoms with E-state index in [0.29, 0.717) is 25.1 Å². The van der Waals surface area contributed by atoms with Gasteiger partial charge >= 0.3 is 5.97 Å². The average molecular weight is 397 g/mol. The fourth-order valence-electron chi connectivity index (χ4n) is 3.17. The number of carbonyl (C=O) groups excluding carboxylic acids is 1. The van der Waals surface area contributed by atoms with Crippen molar-refractivity contribution < 1.29 is 23.1 Å². The molecule has 1 fully saturated rings. The summed E-state index contributed by atoms with van der Waals surface area (Å²) in [5.74, 6) is -1.93. The van der Waals surface area contributed by atoms with Gasteiger partial charge in [-0.25, -0.2) is 13.2 Å². The fraction of sp³-hybridized carbons (Fsp3) is 0.579. The quantitative estimate of drug-likeness (QED) is 0.736. The number of hydrogen-bond donors (Lipinski definition) is 2. The molecule has 0 aromatic heterocycles. The van der Waals surface area contributed by atoms with Gasteiger partial charge in [-0.1, -0.05) is 32.8 Å². The van der Waals surface area contributed by atoms with Gasteiger partial charge in [-0.2, -0.15) is 4.31 Å². The zero-order chi connectivity index (χ0) is 20.2. The molecule has 8 heteroatoms. The molecule has 1 aliphatic heterocycles. The number of hydrogen-bond acceptors (Lipinski definition) is 4. The average Bonchev–Trinajstić information content (AvgIpc) is 2.65. The minimum Gasteiger partial charge on any atom is -0.480 e. The minimum atomic E-state index is -3.68. The first kappa shape index (κ1) is 21.4. The Hall–Kier alpha value is -1.93. The van der Waals surface area contributed by atoms with E-state index in [1.165, 1.54) is 16.4 Å². The number of aliphatic carboxylic acids is 1. The summed E-state index contributed by atoms with van der Waals surface area (Å²) < 4.78 is 27.4. The van der Waals surface area contributed by atoms with E-state index >= 15 is 0 Å². The molecular formula is C19H28N2O5S. The van der Waals surface area contributed by atoms with Crippen molar-refractivity contribution in [3.05, 3.63) is 29.3 Å². The van der Waals surface area contributed by atoms with Crippen molar-refractivity contribution in [3.63, 3.8) is 0 Å². The van der Waals surface area contributed by atoms with Gasteiger partial charge in [0.1, 0.15) is 6.04 Å². The Labute approximate surface area is 160 Å². The maximum Gasteiger partial charge on any atom is 0.326 e. The Morgan fingerprint density at radius 3 is 2.41 bits per heavy atom. The van der Waals surface area contributed by atoms with Crippen LogP contribution in [0.15, 0.2) is 23.1 Å². The van der Waals surface area contributed by atoms with Crippen molar-refractivity contribution in [2.24, 2.45) is 5.92 Å². The van der Waals surface area contributed by atoms with E-state index in [2.05, 4.69) is 5.32 Å². The number of amides is 1. The van der Waals surface area contributed by atoms with Crippen molar-refractivity contribution in [1.29, 1.82) is 0 Å². The fourth-order valence-corrected chi connectivity index (χ4v) is 4.94. The van der Waals surface area contributed by atoms with Gasteiger partial charge in [-0.15, -0.1) is 0 Å². The molecule has 1 aromatic rings. The van der Waals surface area contributed by atoms with Crippen LogP contribution in [0.25, 0.3) is 0 Å². The van der Waals surface area contributed by atoms with Crippen molar-refractivity contribution in [3.8, 4) is 0 Å². The summed E-state index contributed by atoms with van der Waals surface area (Å²) in [5.41, 5.74) is 0.708. The normalized spacial score (nSPS) is 17.9. The van der Waals surface area contributed by atoms with Gasteiger partial charge in [-0.3, -0.25) is 4.79 Å². The van der Waals surface area contributed by atoms with E-state index in [4.69, 9.17) is 0 Å². The molecule has 0 radical (unpaired) electrons. The highest BCUT2D eigenvalue weighted by molar-refractivity contribution is 7.89. The van der Waals surface area contributed by atoms with Crippen LogP contribution in [0.2, 0.25) is 0 Å². The second kappa shape index (κ2) is 8.84. The molecule has 2 atom stereocenters. The lowest BCUT2D eigenvalue weighted by Crippen LogP contribution is -2.45. The molecule has 2 N–H and O–H groups in total. The van der Waals surface area contributed by atoms with Gasteiger partial charge in [0.25, 0.3) is 5.91 Å². The molecule has 1 heterocycles. The SMILES string of the molecule is CC[C@H](C)[C@H](NC(=O)c1ccc(C)c(S(=O)(=O)N2CCCCC2)c1)C(=O)O. The van der Waals surface area contributed by atoms with Gasteiger partial charge < -0.3 is 10.4 Å². The van der Waals surface area contributed by atoms with Crippen molar-refractivity contribution in [2.45, 2.75) is 57.4 Å². The molecule has 27 heavy (non-hydrogen) atoms. The molecule has 1 aromatic carbocycles. The number of carboxylic acids is 1. The lowest BCUT2D eigenvalue weighted by molar-refractivity contribution is -0.140. The molecule has 0 saturated carbocycles. The first-order valence-electron chi connectivity index (χ1n) is 9.33. The Kier molecular flexibility index (Phi) is 7.00. The number of nitrogens with one attached hydrogen (secondary N) is 1. The van der Waals surface area contributed by atoms with Crippen LogP contribution in [-0.2, 0) is 14.8 Å². The van der Waals surface area contributed by atoms with Crippen molar-refractivity contribution in [2.75, 3.05) is 13.1 Å². The second-order valence-corrected chi connectivity index (χ2v) is 9.03. The van der Waals surface area contributed by atoms with Crippen molar-refractivity contribution >= 4 is 21.9 Å². The maximum atomic E-state index is 13.0. The van der Waals surface area contributed by atoms with Gasteiger partial charge in [-0.05, 0) is 43.4 Å². The van der Waals surface area contributed by atoms with E-state index in [1.54, 1.807) is 19.9 Å². The van der Waals surface area contributed by atoms with Crippen LogP contribution in [0.5, 0.6) is 0 Å². The van der Waals surface area contributed by atoms with E-state index in [9.17, 15) is 23.1 Å². The molecule has 2 rings (SSSR count).